The minimum atomic E-state index is -0.238. The maximum atomic E-state index is 13.2. The molecule has 1 N–H and O–H groups in total. The fraction of sp³-hybridized carbons (Fsp3) is 0.571. The van der Waals surface area contributed by atoms with Gasteiger partial charge in [-0.05, 0) is 25.0 Å². The zero-order chi connectivity index (χ0) is 12.0. The second-order valence-electron chi connectivity index (χ2n) is 5.81. The zero-order valence-corrected chi connectivity index (χ0v) is 10.3. The van der Waals surface area contributed by atoms with Crippen molar-refractivity contribution >= 4 is 5.69 Å². The van der Waals surface area contributed by atoms with Crippen LogP contribution < -0.4 is 10.1 Å². The number of anilines is 1. The molecule has 2 aliphatic rings. The Bertz CT molecular complexity index is 444. The predicted octanol–water partition coefficient (Wildman–Crippen LogP) is 3.58. The van der Waals surface area contributed by atoms with Crippen LogP contribution in [0.25, 0.3) is 0 Å². The molecule has 1 aliphatic carbocycles. The largest absolute Gasteiger partial charge is 0.485 e. The van der Waals surface area contributed by atoms with Gasteiger partial charge in [0.2, 0.25) is 0 Å². The fourth-order valence-corrected chi connectivity index (χ4v) is 3.05. The van der Waals surface area contributed by atoms with Crippen LogP contribution in [0, 0.1) is 11.2 Å². The van der Waals surface area contributed by atoms with E-state index in [0.29, 0.717) is 11.8 Å². The van der Waals surface area contributed by atoms with Gasteiger partial charge in [0.05, 0.1) is 11.7 Å². The quantitative estimate of drug-likeness (QED) is 0.742. The van der Waals surface area contributed by atoms with Gasteiger partial charge in [-0.3, -0.25) is 0 Å². The highest BCUT2D eigenvalue weighted by atomic mass is 19.1. The number of benzene rings is 1. The molecule has 0 amide bonds. The summed E-state index contributed by atoms with van der Waals surface area (Å²) < 4.78 is 19.2. The van der Waals surface area contributed by atoms with Crippen LogP contribution in [0.15, 0.2) is 18.2 Å². The van der Waals surface area contributed by atoms with Gasteiger partial charge in [-0.1, -0.05) is 20.3 Å². The number of halogens is 1. The van der Waals surface area contributed by atoms with E-state index in [0.717, 1.165) is 12.1 Å². The molecule has 0 bridgehead atoms. The molecule has 0 aromatic heterocycles. The number of rotatable bonds is 0. The third-order valence-corrected chi connectivity index (χ3v) is 4.01. The first-order chi connectivity index (χ1) is 8.06. The lowest BCUT2D eigenvalue weighted by Gasteiger charge is -2.47. The molecular formula is C14H18FNO. The van der Waals surface area contributed by atoms with Crippen molar-refractivity contribution in [1.29, 1.82) is 0 Å². The Kier molecular flexibility index (Phi) is 2.32. The molecule has 3 rings (SSSR count). The Labute approximate surface area is 101 Å². The number of fused-ring (bicyclic) bond motifs is 2. The Hall–Kier alpha value is -1.25. The second-order valence-corrected chi connectivity index (χ2v) is 5.81. The van der Waals surface area contributed by atoms with Crippen molar-refractivity contribution in [3.05, 3.63) is 24.0 Å². The fourth-order valence-electron chi connectivity index (χ4n) is 3.05. The smallest absolute Gasteiger partial charge is 0.145 e. The molecule has 2 unspecified atom stereocenters. The van der Waals surface area contributed by atoms with Crippen LogP contribution in [0.2, 0.25) is 0 Å². The molecule has 3 heteroatoms. The van der Waals surface area contributed by atoms with Crippen LogP contribution in [0.1, 0.15) is 33.1 Å². The van der Waals surface area contributed by atoms with E-state index in [4.69, 9.17) is 4.74 Å². The van der Waals surface area contributed by atoms with E-state index in [2.05, 4.69) is 19.2 Å². The predicted molar refractivity (Wildman–Crippen MR) is 65.9 cm³/mol. The van der Waals surface area contributed by atoms with E-state index < -0.39 is 0 Å². The van der Waals surface area contributed by atoms with Gasteiger partial charge in [0.15, 0.2) is 0 Å². The van der Waals surface area contributed by atoms with Crippen LogP contribution in [0.4, 0.5) is 10.1 Å². The normalized spacial score (nSPS) is 29.6. The van der Waals surface area contributed by atoms with E-state index in [-0.39, 0.29) is 17.3 Å². The van der Waals surface area contributed by atoms with Gasteiger partial charge in [0, 0.05) is 11.5 Å². The van der Waals surface area contributed by atoms with Crippen LogP contribution in [0.3, 0.4) is 0 Å². The van der Waals surface area contributed by atoms with E-state index >= 15 is 0 Å². The lowest BCUT2D eigenvalue weighted by atomic mass is 9.72. The van der Waals surface area contributed by atoms with Gasteiger partial charge in [0.25, 0.3) is 0 Å². The van der Waals surface area contributed by atoms with Crippen LogP contribution in [-0.4, -0.2) is 12.1 Å². The molecular weight excluding hydrogens is 217 g/mol. The molecule has 2 nitrogen and oxygen atoms in total. The first kappa shape index (κ1) is 10.9. The molecule has 0 spiro atoms. The molecule has 1 aliphatic heterocycles. The van der Waals surface area contributed by atoms with Gasteiger partial charge in [-0.15, -0.1) is 0 Å². The van der Waals surface area contributed by atoms with E-state index in [1.807, 2.05) is 0 Å². The van der Waals surface area contributed by atoms with Gasteiger partial charge in [0.1, 0.15) is 17.7 Å². The monoisotopic (exact) mass is 235 g/mol. The van der Waals surface area contributed by atoms with Crippen molar-refractivity contribution < 1.29 is 9.13 Å². The molecule has 0 saturated heterocycles. The van der Waals surface area contributed by atoms with Crippen molar-refractivity contribution in [3.8, 4) is 5.75 Å². The maximum Gasteiger partial charge on any atom is 0.145 e. The summed E-state index contributed by atoms with van der Waals surface area (Å²) in [5.74, 6) is 0.416. The van der Waals surface area contributed by atoms with E-state index in [1.165, 1.54) is 25.0 Å². The van der Waals surface area contributed by atoms with Crippen LogP contribution >= 0.6 is 0 Å². The standard InChI is InChI=1S/C14H18FNO/c1-14(2)7-3-4-11-13(14)17-12-8-9(15)5-6-10(12)16-11/h5-6,8,11,13,16H,3-4,7H2,1-2H3. The van der Waals surface area contributed by atoms with Crippen molar-refractivity contribution in [3.63, 3.8) is 0 Å². The topological polar surface area (TPSA) is 21.3 Å². The summed E-state index contributed by atoms with van der Waals surface area (Å²) in [4.78, 5) is 0. The number of hydrogen-bond donors (Lipinski definition) is 1. The summed E-state index contributed by atoms with van der Waals surface area (Å²) in [6.07, 6.45) is 3.66. The summed E-state index contributed by atoms with van der Waals surface area (Å²) in [6.45, 7) is 4.46. The van der Waals surface area contributed by atoms with Crippen LogP contribution in [-0.2, 0) is 0 Å². The molecule has 92 valence electrons. The highest BCUT2D eigenvalue weighted by molar-refractivity contribution is 5.59. The average Bonchev–Trinajstić information content (AvgIpc) is 2.27. The lowest BCUT2D eigenvalue weighted by Crippen LogP contribution is -2.52. The molecule has 1 aromatic carbocycles. The molecule has 1 heterocycles. The highest BCUT2D eigenvalue weighted by Gasteiger charge is 2.43. The first-order valence-electron chi connectivity index (χ1n) is 6.29. The minimum absolute atomic E-state index is 0.144. The Morgan fingerprint density at radius 1 is 1.41 bits per heavy atom. The summed E-state index contributed by atoms with van der Waals surface area (Å²) >= 11 is 0. The third kappa shape index (κ3) is 1.78. The minimum Gasteiger partial charge on any atom is -0.485 e. The van der Waals surface area contributed by atoms with Crippen molar-refractivity contribution in [2.75, 3.05) is 5.32 Å². The third-order valence-electron chi connectivity index (χ3n) is 4.01. The van der Waals surface area contributed by atoms with Crippen molar-refractivity contribution in [1.82, 2.24) is 0 Å². The molecule has 1 saturated carbocycles. The number of nitrogens with one attached hydrogen (secondary N) is 1. The van der Waals surface area contributed by atoms with Gasteiger partial charge >= 0.3 is 0 Å². The Balaban J connectivity index is 1.96. The summed E-state index contributed by atoms with van der Waals surface area (Å²) in [6, 6.07) is 5.08. The highest BCUT2D eigenvalue weighted by Crippen LogP contribution is 2.44. The van der Waals surface area contributed by atoms with Crippen LogP contribution in [0.5, 0.6) is 5.75 Å². The second kappa shape index (κ2) is 3.62. The van der Waals surface area contributed by atoms with E-state index in [9.17, 15) is 4.39 Å². The molecule has 2 atom stereocenters. The Morgan fingerprint density at radius 3 is 3.06 bits per heavy atom. The summed E-state index contributed by atoms with van der Waals surface area (Å²) in [5.41, 5.74) is 1.07. The summed E-state index contributed by atoms with van der Waals surface area (Å²) in [7, 11) is 0. The number of ether oxygens (including phenoxy) is 1. The lowest BCUT2D eigenvalue weighted by molar-refractivity contribution is 0.0173. The van der Waals surface area contributed by atoms with Gasteiger partial charge < -0.3 is 10.1 Å². The maximum absolute atomic E-state index is 13.2. The number of hydrogen-bond acceptors (Lipinski definition) is 2. The molecule has 1 fully saturated rings. The molecule has 17 heavy (non-hydrogen) atoms. The SMILES string of the molecule is CC1(C)CCCC2Nc3ccc(F)cc3OC21. The first-order valence-corrected chi connectivity index (χ1v) is 6.29. The van der Waals surface area contributed by atoms with Gasteiger partial charge in [-0.25, -0.2) is 4.39 Å². The van der Waals surface area contributed by atoms with Crippen molar-refractivity contribution in [2.45, 2.75) is 45.3 Å². The van der Waals surface area contributed by atoms with Crippen molar-refractivity contribution in [2.24, 2.45) is 5.41 Å². The Morgan fingerprint density at radius 2 is 2.24 bits per heavy atom. The molecule has 0 radical (unpaired) electrons. The average molecular weight is 235 g/mol. The zero-order valence-electron chi connectivity index (χ0n) is 10.3. The van der Waals surface area contributed by atoms with E-state index in [1.54, 1.807) is 6.07 Å². The molecule has 1 aromatic rings. The van der Waals surface area contributed by atoms with Gasteiger partial charge in [-0.2, -0.15) is 0 Å². The summed E-state index contributed by atoms with van der Waals surface area (Å²) in [5, 5.41) is 3.49.